The van der Waals surface area contributed by atoms with Crippen LogP contribution in [0, 0.1) is 5.92 Å². The molecule has 1 aliphatic carbocycles. The molecule has 1 aliphatic heterocycles. The molecule has 0 spiro atoms. The first-order chi connectivity index (χ1) is 10.6. The molecule has 1 aromatic rings. The van der Waals surface area contributed by atoms with Crippen molar-refractivity contribution in [3.05, 3.63) is 24.3 Å². The van der Waals surface area contributed by atoms with Crippen molar-refractivity contribution < 1.29 is 19.1 Å². The molecular formula is C16H18N2O4. The molecule has 0 saturated heterocycles. The van der Waals surface area contributed by atoms with Crippen LogP contribution < -0.4 is 10.2 Å². The molecule has 2 aliphatic rings. The number of para-hydroxylation sites is 2. The standard InChI is InChI=1S/C16H18N2O4/c1-10-8-14(19)17-12-4-2-3-5-13(12)18(10)15(20)9-22-16(21)11-6-7-11/h2-5,10-11H,6-9H2,1H3,(H,17,19)/t10-/m1/s1. The van der Waals surface area contributed by atoms with E-state index in [1.54, 1.807) is 24.3 Å². The van der Waals surface area contributed by atoms with Gasteiger partial charge in [-0.3, -0.25) is 14.4 Å². The van der Waals surface area contributed by atoms with E-state index in [-0.39, 0.29) is 42.8 Å². The van der Waals surface area contributed by atoms with Gasteiger partial charge in [-0.25, -0.2) is 0 Å². The first-order valence-electron chi connectivity index (χ1n) is 7.44. The molecule has 0 radical (unpaired) electrons. The van der Waals surface area contributed by atoms with E-state index in [2.05, 4.69) is 5.32 Å². The predicted molar refractivity (Wildman–Crippen MR) is 80.3 cm³/mol. The maximum absolute atomic E-state index is 12.5. The second-order valence-corrected chi connectivity index (χ2v) is 5.76. The number of amides is 2. The van der Waals surface area contributed by atoms with Crippen LogP contribution >= 0.6 is 0 Å². The van der Waals surface area contributed by atoms with Crippen LogP contribution in [0.5, 0.6) is 0 Å². The van der Waals surface area contributed by atoms with Gasteiger partial charge in [0.1, 0.15) is 0 Å². The van der Waals surface area contributed by atoms with Gasteiger partial charge in [0.2, 0.25) is 5.91 Å². The van der Waals surface area contributed by atoms with Crippen LogP contribution in [-0.2, 0) is 19.1 Å². The lowest BCUT2D eigenvalue weighted by molar-refractivity contribution is -0.149. The van der Waals surface area contributed by atoms with E-state index in [1.807, 2.05) is 6.92 Å². The molecule has 6 nitrogen and oxygen atoms in total. The summed E-state index contributed by atoms with van der Waals surface area (Å²) in [6, 6.07) is 6.83. The molecule has 116 valence electrons. The average Bonchev–Trinajstić information content (AvgIpc) is 3.31. The first-order valence-corrected chi connectivity index (χ1v) is 7.44. The zero-order valence-electron chi connectivity index (χ0n) is 12.4. The number of benzene rings is 1. The van der Waals surface area contributed by atoms with E-state index in [4.69, 9.17) is 4.74 Å². The Kier molecular flexibility index (Phi) is 3.83. The van der Waals surface area contributed by atoms with Crippen molar-refractivity contribution >= 4 is 29.2 Å². The fraction of sp³-hybridized carbons (Fsp3) is 0.438. The van der Waals surface area contributed by atoms with Crippen molar-refractivity contribution in [3.63, 3.8) is 0 Å². The summed E-state index contributed by atoms with van der Waals surface area (Å²) >= 11 is 0. The molecule has 0 aromatic heterocycles. The van der Waals surface area contributed by atoms with E-state index < -0.39 is 0 Å². The van der Waals surface area contributed by atoms with Crippen LogP contribution in [0.2, 0.25) is 0 Å². The van der Waals surface area contributed by atoms with Gasteiger partial charge in [-0.15, -0.1) is 0 Å². The molecule has 0 bridgehead atoms. The second-order valence-electron chi connectivity index (χ2n) is 5.76. The van der Waals surface area contributed by atoms with Crippen LogP contribution in [0.4, 0.5) is 11.4 Å². The van der Waals surface area contributed by atoms with Crippen molar-refractivity contribution in [1.82, 2.24) is 0 Å². The number of rotatable bonds is 3. The largest absolute Gasteiger partial charge is 0.455 e. The highest BCUT2D eigenvalue weighted by Gasteiger charge is 2.33. The van der Waals surface area contributed by atoms with Crippen molar-refractivity contribution in [2.24, 2.45) is 5.92 Å². The van der Waals surface area contributed by atoms with E-state index in [9.17, 15) is 14.4 Å². The number of carbonyl (C=O) groups is 3. The Morgan fingerprint density at radius 1 is 1.32 bits per heavy atom. The third kappa shape index (κ3) is 2.95. The summed E-state index contributed by atoms with van der Waals surface area (Å²) in [6.45, 7) is 1.52. The minimum atomic E-state index is -0.314. The fourth-order valence-corrected chi connectivity index (χ4v) is 2.61. The van der Waals surface area contributed by atoms with Gasteiger partial charge in [0.05, 0.1) is 17.3 Å². The van der Waals surface area contributed by atoms with Gasteiger partial charge in [0.25, 0.3) is 5.91 Å². The smallest absolute Gasteiger partial charge is 0.309 e. The molecule has 3 rings (SSSR count). The molecule has 1 N–H and O–H groups in total. The van der Waals surface area contributed by atoms with Gasteiger partial charge in [-0.2, -0.15) is 0 Å². The monoisotopic (exact) mass is 302 g/mol. The minimum absolute atomic E-state index is 0.0371. The predicted octanol–water partition coefficient (Wildman–Crippen LogP) is 1.70. The highest BCUT2D eigenvalue weighted by atomic mass is 16.5. The van der Waals surface area contributed by atoms with E-state index >= 15 is 0 Å². The summed E-state index contributed by atoms with van der Waals surface area (Å²) in [4.78, 5) is 37.5. The highest BCUT2D eigenvalue weighted by molar-refractivity contribution is 6.05. The number of nitrogens with zero attached hydrogens (tertiary/aromatic N) is 1. The summed E-state index contributed by atoms with van der Waals surface area (Å²) in [5.74, 6) is -0.793. The molecule has 1 fully saturated rings. The summed E-state index contributed by atoms with van der Waals surface area (Å²) in [5.41, 5.74) is 1.23. The topological polar surface area (TPSA) is 75.7 Å². The Morgan fingerprint density at radius 3 is 2.77 bits per heavy atom. The fourth-order valence-electron chi connectivity index (χ4n) is 2.61. The Balaban J connectivity index is 1.79. The number of hydrogen-bond acceptors (Lipinski definition) is 4. The van der Waals surface area contributed by atoms with Crippen LogP contribution in [-0.4, -0.2) is 30.4 Å². The zero-order valence-corrected chi connectivity index (χ0v) is 12.4. The Bertz CT molecular complexity index is 624. The summed E-state index contributed by atoms with van der Waals surface area (Å²) in [5, 5.41) is 2.79. The van der Waals surface area contributed by atoms with Crippen molar-refractivity contribution in [2.45, 2.75) is 32.2 Å². The molecule has 22 heavy (non-hydrogen) atoms. The molecule has 0 unspecified atom stereocenters. The zero-order chi connectivity index (χ0) is 15.7. The number of carbonyl (C=O) groups excluding carboxylic acids is 3. The normalized spacial score (nSPS) is 20.7. The number of esters is 1. The molecule has 1 aromatic carbocycles. The van der Waals surface area contributed by atoms with Crippen LogP contribution in [0.15, 0.2) is 24.3 Å². The first kappa shape index (κ1) is 14.6. The second kappa shape index (κ2) is 5.79. The number of ether oxygens (including phenoxy) is 1. The Hall–Kier alpha value is -2.37. The molecule has 1 atom stereocenters. The maximum Gasteiger partial charge on any atom is 0.309 e. The van der Waals surface area contributed by atoms with E-state index in [0.717, 1.165) is 12.8 Å². The lowest BCUT2D eigenvalue weighted by atomic mass is 10.1. The van der Waals surface area contributed by atoms with E-state index in [0.29, 0.717) is 11.4 Å². The molecule has 2 amide bonds. The van der Waals surface area contributed by atoms with Crippen LogP contribution in [0.3, 0.4) is 0 Å². The maximum atomic E-state index is 12.5. The molecule has 1 heterocycles. The number of fused-ring (bicyclic) bond motifs is 1. The summed E-state index contributed by atoms with van der Waals surface area (Å²) in [7, 11) is 0. The Labute approximate surface area is 128 Å². The number of anilines is 2. The SMILES string of the molecule is C[C@@H]1CC(=O)Nc2ccccc2N1C(=O)COC(=O)C1CC1. The molecular weight excluding hydrogens is 284 g/mol. The van der Waals surface area contributed by atoms with Crippen molar-refractivity contribution in [3.8, 4) is 0 Å². The highest BCUT2D eigenvalue weighted by Crippen LogP contribution is 2.32. The lowest BCUT2D eigenvalue weighted by Crippen LogP contribution is -2.41. The summed E-state index contributed by atoms with van der Waals surface area (Å²) < 4.78 is 5.08. The quantitative estimate of drug-likeness (QED) is 0.862. The van der Waals surface area contributed by atoms with Gasteiger partial charge in [-0.1, -0.05) is 12.1 Å². The van der Waals surface area contributed by atoms with Gasteiger partial charge in [0, 0.05) is 12.5 Å². The third-order valence-electron chi connectivity index (χ3n) is 3.88. The average molecular weight is 302 g/mol. The number of hydrogen-bond donors (Lipinski definition) is 1. The third-order valence-corrected chi connectivity index (χ3v) is 3.88. The summed E-state index contributed by atoms with van der Waals surface area (Å²) in [6.07, 6.45) is 1.89. The van der Waals surface area contributed by atoms with Crippen LogP contribution in [0.25, 0.3) is 0 Å². The van der Waals surface area contributed by atoms with Gasteiger partial charge < -0.3 is 15.0 Å². The van der Waals surface area contributed by atoms with Crippen molar-refractivity contribution in [1.29, 1.82) is 0 Å². The number of nitrogens with one attached hydrogen (secondary N) is 1. The molecule has 1 saturated carbocycles. The van der Waals surface area contributed by atoms with Gasteiger partial charge >= 0.3 is 5.97 Å². The van der Waals surface area contributed by atoms with Gasteiger partial charge in [-0.05, 0) is 31.9 Å². The lowest BCUT2D eigenvalue weighted by Gasteiger charge is -2.27. The Morgan fingerprint density at radius 2 is 2.05 bits per heavy atom. The minimum Gasteiger partial charge on any atom is -0.455 e. The van der Waals surface area contributed by atoms with Crippen molar-refractivity contribution in [2.75, 3.05) is 16.8 Å². The van der Waals surface area contributed by atoms with Crippen LogP contribution in [0.1, 0.15) is 26.2 Å². The van der Waals surface area contributed by atoms with Gasteiger partial charge in [0.15, 0.2) is 6.61 Å². The molecule has 6 heteroatoms. The van der Waals surface area contributed by atoms with E-state index in [1.165, 1.54) is 4.90 Å².